The maximum absolute atomic E-state index is 12.2. The van der Waals surface area contributed by atoms with Crippen LogP contribution in [0.5, 0.6) is 0 Å². The predicted octanol–water partition coefficient (Wildman–Crippen LogP) is -1.63. The van der Waals surface area contributed by atoms with Gasteiger partial charge in [0.1, 0.15) is 0 Å². The number of carbonyl (C=O) groups is 1. The van der Waals surface area contributed by atoms with Crippen molar-refractivity contribution in [3.8, 4) is 0 Å². The Hall–Kier alpha value is -0.690. The number of hydrogen-bond acceptors (Lipinski definition) is 5. The summed E-state index contributed by atoms with van der Waals surface area (Å²) in [7, 11) is 2.10. The molecular formula is C13H26N4O2. The third-order valence-corrected chi connectivity index (χ3v) is 4.10. The van der Waals surface area contributed by atoms with Crippen molar-refractivity contribution in [1.29, 1.82) is 0 Å². The molecule has 6 heteroatoms. The van der Waals surface area contributed by atoms with Crippen LogP contribution in [0.15, 0.2) is 0 Å². The Kier molecular flexibility index (Phi) is 5.57. The Balaban J connectivity index is 1.69. The lowest BCUT2D eigenvalue weighted by atomic mass is 10.3. The summed E-state index contributed by atoms with van der Waals surface area (Å²) in [5.41, 5.74) is 0. The average Bonchev–Trinajstić information content (AvgIpc) is 2.42. The molecule has 2 fully saturated rings. The van der Waals surface area contributed by atoms with Crippen LogP contribution >= 0.6 is 0 Å². The Morgan fingerprint density at radius 1 is 0.947 bits per heavy atom. The molecule has 0 saturated carbocycles. The lowest BCUT2D eigenvalue weighted by Gasteiger charge is -2.37. The number of aliphatic hydroxyl groups is 1. The van der Waals surface area contributed by atoms with Crippen molar-refractivity contribution < 1.29 is 9.90 Å². The molecule has 0 unspecified atom stereocenters. The quantitative estimate of drug-likeness (QED) is 0.665. The Morgan fingerprint density at radius 3 is 2.11 bits per heavy atom. The highest BCUT2D eigenvalue weighted by Crippen LogP contribution is 2.04. The average molecular weight is 270 g/mol. The van der Waals surface area contributed by atoms with Gasteiger partial charge in [-0.3, -0.25) is 14.6 Å². The largest absolute Gasteiger partial charge is 0.395 e. The van der Waals surface area contributed by atoms with E-state index >= 15 is 0 Å². The molecule has 110 valence electrons. The van der Waals surface area contributed by atoms with Crippen LogP contribution in [0.2, 0.25) is 0 Å². The number of β-amino-alcohol motifs (C(OH)–C–C–N with tert-alkyl or cyclic N) is 1. The molecular weight excluding hydrogens is 244 g/mol. The van der Waals surface area contributed by atoms with Crippen molar-refractivity contribution in [1.82, 2.24) is 19.6 Å². The lowest BCUT2D eigenvalue weighted by Crippen LogP contribution is -2.53. The van der Waals surface area contributed by atoms with Crippen molar-refractivity contribution >= 4 is 5.91 Å². The van der Waals surface area contributed by atoms with E-state index in [1.165, 1.54) is 0 Å². The first kappa shape index (κ1) is 14.7. The van der Waals surface area contributed by atoms with Gasteiger partial charge < -0.3 is 14.9 Å². The van der Waals surface area contributed by atoms with Gasteiger partial charge in [0.2, 0.25) is 5.91 Å². The van der Waals surface area contributed by atoms with Crippen LogP contribution in [0.3, 0.4) is 0 Å². The molecule has 0 aliphatic carbocycles. The van der Waals surface area contributed by atoms with Crippen molar-refractivity contribution in [2.75, 3.05) is 79.1 Å². The highest BCUT2D eigenvalue weighted by atomic mass is 16.3. The van der Waals surface area contributed by atoms with Gasteiger partial charge >= 0.3 is 0 Å². The maximum atomic E-state index is 12.2. The number of rotatable bonds is 4. The molecule has 1 N–H and O–H groups in total. The normalized spacial score (nSPS) is 23.8. The van der Waals surface area contributed by atoms with Gasteiger partial charge in [-0.15, -0.1) is 0 Å². The first-order valence-electron chi connectivity index (χ1n) is 7.21. The fourth-order valence-electron chi connectivity index (χ4n) is 2.66. The van der Waals surface area contributed by atoms with Crippen LogP contribution in [0.25, 0.3) is 0 Å². The SMILES string of the molecule is CN1CCN(C(=O)CN2CCN(CCO)CC2)CC1. The van der Waals surface area contributed by atoms with E-state index in [1.807, 2.05) is 4.90 Å². The summed E-state index contributed by atoms with van der Waals surface area (Å²) in [5, 5.41) is 8.90. The summed E-state index contributed by atoms with van der Waals surface area (Å²) in [6.45, 7) is 8.98. The van der Waals surface area contributed by atoms with E-state index in [0.717, 1.165) is 58.9 Å². The van der Waals surface area contributed by atoms with Gasteiger partial charge in [0.15, 0.2) is 0 Å². The molecule has 2 aliphatic heterocycles. The third kappa shape index (κ3) is 4.42. The minimum atomic E-state index is 0.222. The van der Waals surface area contributed by atoms with E-state index in [4.69, 9.17) is 5.11 Å². The number of carbonyl (C=O) groups excluding carboxylic acids is 1. The van der Waals surface area contributed by atoms with Crippen LogP contribution in [-0.2, 0) is 4.79 Å². The molecule has 0 aromatic carbocycles. The maximum Gasteiger partial charge on any atom is 0.236 e. The monoisotopic (exact) mass is 270 g/mol. The summed E-state index contributed by atoms with van der Waals surface area (Å²) in [4.78, 5) is 20.9. The number of piperazine rings is 2. The minimum Gasteiger partial charge on any atom is -0.395 e. The second-order valence-electron chi connectivity index (χ2n) is 5.53. The zero-order valence-electron chi connectivity index (χ0n) is 11.9. The number of aliphatic hydroxyl groups excluding tert-OH is 1. The molecule has 0 atom stereocenters. The van der Waals surface area contributed by atoms with Crippen LogP contribution in [0.4, 0.5) is 0 Å². The van der Waals surface area contributed by atoms with Gasteiger partial charge in [-0.1, -0.05) is 0 Å². The Morgan fingerprint density at radius 2 is 1.53 bits per heavy atom. The highest BCUT2D eigenvalue weighted by molar-refractivity contribution is 5.78. The van der Waals surface area contributed by atoms with E-state index in [1.54, 1.807) is 0 Å². The second-order valence-corrected chi connectivity index (χ2v) is 5.53. The molecule has 0 radical (unpaired) electrons. The Bertz CT molecular complexity index is 284. The van der Waals surface area contributed by atoms with Gasteiger partial charge in [0.25, 0.3) is 0 Å². The van der Waals surface area contributed by atoms with Gasteiger partial charge in [-0.2, -0.15) is 0 Å². The van der Waals surface area contributed by atoms with Crippen molar-refractivity contribution in [2.45, 2.75) is 0 Å². The van der Waals surface area contributed by atoms with E-state index < -0.39 is 0 Å². The molecule has 0 bridgehead atoms. The minimum absolute atomic E-state index is 0.222. The van der Waals surface area contributed by atoms with E-state index in [0.29, 0.717) is 6.54 Å². The zero-order chi connectivity index (χ0) is 13.7. The summed E-state index contributed by atoms with van der Waals surface area (Å²) >= 11 is 0. The van der Waals surface area contributed by atoms with E-state index in [2.05, 4.69) is 21.7 Å². The van der Waals surface area contributed by atoms with Gasteiger partial charge in [0, 0.05) is 58.9 Å². The van der Waals surface area contributed by atoms with Gasteiger partial charge in [0.05, 0.1) is 13.2 Å². The number of hydrogen-bond donors (Lipinski definition) is 1. The number of nitrogens with zero attached hydrogens (tertiary/aromatic N) is 4. The molecule has 19 heavy (non-hydrogen) atoms. The van der Waals surface area contributed by atoms with E-state index in [-0.39, 0.29) is 12.5 Å². The molecule has 2 heterocycles. The fraction of sp³-hybridized carbons (Fsp3) is 0.923. The van der Waals surface area contributed by atoms with Crippen LogP contribution in [0.1, 0.15) is 0 Å². The highest BCUT2D eigenvalue weighted by Gasteiger charge is 2.23. The molecule has 6 nitrogen and oxygen atoms in total. The van der Waals surface area contributed by atoms with Crippen LogP contribution < -0.4 is 0 Å². The number of amides is 1. The molecule has 2 aliphatic rings. The standard InChI is InChI=1S/C13H26N4O2/c1-14-2-8-17(9-3-14)13(19)12-16-6-4-15(5-7-16)10-11-18/h18H,2-12H2,1H3. The van der Waals surface area contributed by atoms with Crippen molar-refractivity contribution in [3.63, 3.8) is 0 Å². The molecule has 0 spiro atoms. The first-order chi connectivity index (χ1) is 9.19. The summed E-state index contributed by atoms with van der Waals surface area (Å²) in [5.74, 6) is 0.267. The zero-order valence-corrected chi connectivity index (χ0v) is 11.9. The number of likely N-dealkylation sites (N-methyl/N-ethyl adjacent to an activating group) is 1. The van der Waals surface area contributed by atoms with Gasteiger partial charge in [-0.05, 0) is 7.05 Å². The molecule has 0 aromatic rings. The summed E-state index contributed by atoms with van der Waals surface area (Å²) in [6, 6.07) is 0. The Labute approximate surface area is 115 Å². The summed E-state index contributed by atoms with van der Waals surface area (Å²) < 4.78 is 0. The topological polar surface area (TPSA) is 50.3 Å². The molecule has 0 aromatic heterocycles. The van der Waals surface area contributed by atoms with Crippen molar-refractivity contribution in [3.05, 3.63) is 0 Å². The molecule has 1 amide bonds. The fourth-order valence-corrected chi connectivity index (χ4v) is 2.66. The molecule has 2 rings (SSSR count). The van der Waals surface area contributed by atoms with Crippen molar-refractivity contribution in [2.24, 2.45) is 0 Å². The van der Waals surface area contributed by atoms with E-state index in [9.17, 15) is 4.79 Å². The van der Waals surface area contributed by atoms with Crippen LogP contribution in [0, 0.1) is 0 Å². The summed E-state index contributed by atoms with van der Waals surface area (Å²) in [6.07, 6.45) is 0. The smallest absolute Gasteiger partial charge is 0.236 e. The predicted molar refractivity (Wildman–Crippen MR) is 74.0 cm³/mol. The first-order valence-corrected chi connectivity index (χ1v) is 7.21. The lowest BCUT2D eigenvalue weighted by molar-refractivity contribution is -0.134. The van der Waals surface area contributed by atoms with Gasteiger partial charge in [-0.25, -0.2) is 0 Å². The third-order valence-electron chi connectivity index (χ3n) is 4.10. The van der Waals surface area contributed by atoms with Crippen LogP contribution in [-0.4, -0.2) is 110 Å². The second kappa shape index (κ2) is 7.19. The molecule has 2 saturated heterocycles.